The van der Waals surface area contributed by atoms with Gasteiger partial charge in [-0.25, -0.2) is 4.79 Å². The number of aromatic nitrogens is 1. The van der Waals surface area contributed by atoms with Gasteiger partial charge in [0.1, 0.15) is 10.0 Å². The SMILES string of the molecule is CC(=O)c1c[nH]c(C(=O)OCC(=O)NCCN2C(=O)CSC2=S)c1. The summed E-state index contributed by atoms with van der Waals surface area (Å²) in [6, 6.07) is 1.36. The summed E-state index contributed by atoms with van der Waals surface area (Å²) in [4.78, 5) is 50.0. The summed E-state index contributed by atoms with van der Waals surface area (Å²) < 4.78 is 5.34. The van der Waals surface area contributed by atoms with Crippen LogP contribution < -0.4 is 5.32 Å². The lowest BCUT2D eigenvalue weighted by Gasteiger charge is -2.15. The zero-order chi connectivity index (χ0) is 17.7. The third-order valence-corrected chi connectivity index (χ3v) is 4.57. The van der Waals surface area contributed by atoms with Crippen LogP contribution in [0.1, 0.15) is 27.8 Å². The fraction of sp³-hybridized carbons (Fsp3) is 0.357. The number of thioether (sulfide) groups is 1. The van der Waals surface area contributed by atoms with Crippen LogP contribution in [-0.2, 0) is 14.3 Å². The predicted octanol–water partition coefficient (Wildman–Crippen LogP) is 0.351. The quantitative estimate of drug-likeness (QED) is 0.405. The van der Waals surface area contributed by atoms with Crippen molar-refractivity contribution in [3.05, 3.63) is 23.5 Å². The summed E-state index contributed by atoms with van der Waals surface area (Å²) in [6.07, 6.45) is 1.40. The number of nitrogens with one attached hydrogen (secondary N) is 2. The maximum atomic E-state index is 11.7. The van der Waals surface area contributed by atoms with Crippen LogP contribution in [0.2, 0.25) is 0 Å². The lowest BCUT2D eigenvalue weighted by atomic mass is 10.2. The molecule has 0 aromatic carbocycles. The molecule has 1 aliphatic rings. The van der Waals surface area contributed by atoms with Gasteiger partial charge < -0.3 is 15.0 Å². The first kappa shape index (κ1) is 18.1. The lowest BCUT2D eigenvalue weighted by molar-refractivity contribution is -0.126. The Balaban J connectivity index is 1.70. The van der Waals surface area contributed by atoms with E-state index >= 15 is 0 Å². The van der Waals surface area contributed by atoms with Crippen molar-refractivity contribution in [2.75, 3.05) is 25.4 Å². The number of thiocarbonyl (C=S) groups is 1. The maximum Gasteiger partial charge on any atom is 0.355 e. The van der Waals surface area contributed by atoms with Crippen LogP contribution in [0.5, 0.6) is 0 Å². The van der Waals surface area contributed by atoms with Crippen molar-refractivity contribution in [1.82, 2.24) is 15.2 Å². The Hall–Kier alpha value is -2.20. The first-order valence-corrected chi connectivity index (χ1v) is 8.38. The van der Waals surface area contributed by atoms with Crippen molar-refractivity contribution >= 4 is 51.9 Å². The van der Waals surface area contributed by atoms with E-state index < -0.39 is 18.5 Å². The van der Waals surface area contributed by atoms with E-state index in [0.717, 1.165) is 0 Å². The number of Topliss-reactive ketones (excluding diaryl/α,β-unsaturated/α-hetero) is 1. The highest BCUT2D eigenvalue weighted by atomic mass is 32.2. The van der Waals surface area contributed by atoms with Gasteiger partial charge in [0, 0.05) is 24.8 Å². The molecule has 1 fully saturated rings. The second-order valence-electron chi connectivity index (χ2n) is 4.88. The molecule has 8 nitrogen and oxygen atoms in total. The van der Waals surface area contributed by atoms with Gasteiger partial charge in [-0.3, -0.25) is 19.3 Å². The average Bonchev–Trinajstić information content (AvgIpc) is 3.14. The van der Waals surface area contributed by atoms with Crippen LogP contribution in [0, 0.1) is 0 Å². The second kappa shape index (κ2) is 8.06. The first-order chi connectivity index (χ1) is 11.4. The number of nitrogens with zero attached hydrogens (tertiary/aromatic N) is 1. The molecule has 0 spiro atoms. The predicted molar refractivity (Wildman–Crippen MR) is 90.9 cm³/mol. The van der Waals surface area contributed by atoms with Crippen molar-refractivity contribution < 1.29 is 23.9 Å². The number of esters is 1. The normalized spacial score (nSPS) is 14.0. The average molecular weight is 369 g/mol. The molecule has 2 N–H and O–H groups in total. The Morgan fingerprint density at radius 1 is 1.46 bits per heavy atom. The topological polar surface area (TPSA) is 109 Å². The Bertz CT molecular complexity index is 684. The molecule has 24 heavy (non-hydrogen) atoms. The summed E-state index contributed by atoms with van der Waals surface area (Å²) in [5.41, 5.74) is 0.452. The molecule has 0 saturated carbocycles. The van der Waals surface area contributed by atoms with Crippen molar-refractivity contribution in [3.8, 4) is 0 Å². The molecule has 0 unspecified atom stereocenters. The molecule has 0 radical (unpaired) electrons. The van der Waals surface area contributed by atoms with Crippen LogP contribution in [0.4, 0.5) is 0 Å². The third-order valence-electron chi connectivity index (χ3n) is 3.14. The number of ether oxygens (including phenoxy) is 1. The van der Waals surface area contributed by atoms with E-state index in [1.54, 1.807) is 0 Å². The summed E-state index contributed by atoms with van der Waals surface area (Å²) in [6.45, 7) is 1.41. The molecule has 0 bridgehead atoms. The third kappa shape index (κ3) is 4.65. The lowest BCUT2D eigenvalue weighted by Crippen LogP contribution is -2.38. The number of rotatable bonds is 7. The summed E-state index contributed by atoms with van der Waals surface area (Å²) in [7, 11) is 0. The Kier molecular flexibility index (Phi) is 6.10. The van der Waals surface area contributed by atoms with Crippen LogP contribution in [0.3, 0.4) is 0 Å². The van der Waals surface area contributed by atoms with Gasteiger partial charge in [-0.1, -0.05) is 24.0 Å². The zero-order valence-electron chi connectivity index (χ0n) is 12.8. The first-order valence-electron chi connectivity index (χ1n) is 6.99. The minimum Gasteiger partial charge on any atom is -0.451 e. The molecule has 0 aliphatic carbocycles. The van der Waals surface area contributed by atoms with Crippen LogP contribution in [0.25, 0.3) is 0 Å². The van der Waals surface area contributed by atoms with Crippen molar-refractivity contribution in [3.63, 3.8) is 0 Å². The molecule has 2 rings (SSSR count). The number of aromatic amines is 1. The van der Waals surface area contributed by atoms with E-state index in [1.807, 2.05) is 0 Å². The van der Waals surface area contributed by atoms with Gasteiger partial charge in [0.05, 0.1) is 5.75 Å². The van der Waals surface area contributed by atoms with Crippen LogP contribution >= 0.6 is 24.0 Å². The standard InChI is InChI=1S/C14H15N3O5S2/c1-8(18)9-4-10(16-5-9)13(21)22-6-11(19)15-2-3-17-12(20)7-24-14(17)23/h4-5,16H,2-3,6-7H2,1H3,(H,15,19). The molecule has 1 aromatic rings. The molecule has 0 atom stereocenters. The van der Waals surface area contributed by atoms with Gasteiger partial charge >= 0.3 is 5.97 Å². The van der Waals surface area contributed by atoms with Crippen molar-refractivity contribution in [1.29, 1.82) is 0 Å². The fourth-order valence-electron chi connectivity index (χ4n) is 1.88. The van der Waals surface area contributed by atoms with Gasteiger partial charge in [-0.05, 0) is 13.0 Å². The highest BCUT2D eigenvalue weighted by molar-refractivity contribution is 8.23. The van der Waals surface area contributed by atoms with Gasteiger partial charge in [-0.2, -0.15) is 0 Å². The second-order valence-corrected chi connectivity index (χ2v) is 6.49. The Morgan fingerprint density at radius 3 is 2.79 bits per heavy atom. The molecule has 2 heterocycles. The number of hydrogen-bond donors (Lipinski definition) is 2. The number of carbonyl (C=O) groups is 4. The van der Waals surface area contributed by atoms with Gasteiger partial charge in [0.25, 0.3) is 5.91 Å². The number of ketones is 1. The van der Waals surface area contributed by atoms with E-state index in [0.29, 0.717) is 15.6 Å². The summed E-state index contributed by atoms with van der Waals surface area (Å²) in [5.74, 6) is -1.17. The molecule has 128 valence electrons. The molecule has 1 aromatic heterocycles. The van der Waals surface area contributed by atoms with E-state index in [-0.39, 0.29) is 30.5 Å². The molecular formula is C14H15N3O5S2. The number of hydrogen-bond acceptors (Lipinski definition) is 7. The highest BCUT2D eigenvalue weighted by Gasteiger charge is 2.26. The minimum atomic E-state index is -0.732. The number of H-pyrrole nitrogens is 1. The minimum absolute atomic E-state index is 0.0845. The molecule has 1 aliphatic heterocycles. The van der Waals surface area contributed by atoms with E-state index in [1.165, 1.54) is 35.8 Å². The van der Waals surface area contributed by atoms with Gasteiger partial charge in [0.15, 0.2) is 12.4 Å². The van der Waals surface area contributed by atoms with Crippen molar-refractivity contribution in [2.45, 2.75) is 6.92 Å². The smallest absolute Gasteiger partial charge is 0.355 e. The molecule has 1 saturated heterocycles. The van der Waals surface area contributed by atoms with Crippen molar-refractivity contribution in [2.24, 2.45) is 0 Å². The maximum absolute atomic E-state index is 11.7. The van der Waals surface area contributed by atoms with Gasteiger partial charge in [-0.15, -0.1) is 0 Å². The summed E-state index contributed by atoms with van der Waals surface area (Å²) >= 11 is 6.30. The van der Waals surface area contributed by atoms with Gasteiger partial charge in [0.2, 0.25) is 5.91 Å². The summed E-state index contributed by atoms with van der Waals surface area (Å²) in [5, 5.41) is 2.54. The molecule has 10 heteroatoms. The highest BCUT2D eigenvalue weighted by Crippen LogP contribution is 2.18. The largest absolute Gasteiger partial charge is 0.451 e. The van der Waals surface area contributed by atoms with E-state index in [9.17, 15) is 19.2 Å². The Morgan fingerprint density at radius 2 is 2.21 bits per heavy atom. The number of carbonyl (C=O) groups excluding carboxylic acids is 4. The number of amides is 2. The molecular weight excluding hydrogens is 354 g/mol. The zero-order valence-corrected chi connectivity index (χ0v) is 14.4. The van der Waals surface area contributed by atoms with E-state index in [2.05, 4.69) is 10.3 Å². The van der Waals surface area contributed by atoms with E-state index in [4.69, 9.17) is 17.0 Å². The monoisotopic (exact) mass is 369 g/mol. The Labute approximate surface area is 147 Å². The van der Waals surface area contributed by atoms with Crippen LogP contribution in [-0.4, -0.2) is 63.2 Å². The fourth-order valence-corrected chi connectivity index (χ4v) is 3.00. The molecule has 2 amide bonds. The van der Waals surface area contributed by atoms with Crippen LogP contribution in [0.15, 0.2) is 12.3 Å².